The van der Waals surface area contributed by atoms with E-state index in [-0.39, 0.29) is 11.9 Å². The summed E-state index contributed by atoms with van der Waals surface area (Å²) in [4.78, 5) is 13.5. The van der Waals surface area contributed by atoms with Crippen LogP contribution in [0.15, 0.2) is 40.6 Å². The van der Waals surface area contributed by atoms with Crippen molar-refractivity contribution in [3.05, 3.63) is 42.0 Å². The van der Waals surface area contributed by atoms with Crippen molar-refractivity contribution in [2.24, 2.45) is 0 Å². The van der Waals surface area contributed by atoms with E-state index in [9.17, 15) is 13.2 Å². The van der Waals surface area contributed by atoms with Gasteiger partial charge in [0.15, 0.2) is 0 Å². The third kappa shape index (κ3) is 4.94. The summed E-state index contributed by atoms with van der Waals surface area (Å²) in [6.07, 6.45) is 6.98. The van der Waals surface area contributed by atoms with Gasteiger partial charge in [-0.3, -0.25) is 4.79 Å². The average Bonchev–Trinajstić information content (AvgIpc) is 3.15. The highest BCUT2D eigenvalue weighted by Gasteiger charge is 2.28. The summed E-state index contributed by atoms with van der Waals surface area (Å²) in [5, 5.41) is 3.16. The fourth-order valence-electron chi connectivity index (χ4n) is 4.01. The van der Waals surface area contributed by atoms with Crippen LogP contribution in [0.25, 0.3) is 10.4 Å². The Morgan fingerprint density at radius 1 is 0.967 bits per heavy atom. The van der Waals surface area contributed by atoms with E-state index in [1.807, 2.05) is 30.3 Å². The summed E-state index contributed by atoms with van der Waals surface area (Å²) >= 11 is 1.26. The van der Waals surface area contributed by atoms with E-state index >= 15 is 0 Å². The van der Waals surface area contributed by atoms with Gasteiger partial charge in [-0.25, -0.2) is 8.42 Å². The number of amides is 1. The van der Waals surface area contributed by atoms with Gasteiger partial charge in [0.1, 0.15) is 4.21 Å². The molecule has 1 amide bonds. The highest BCUT2D eigenvalue weighted by molar-refractivity contribution is 7.91. The first-order chi connectivity index (χ1) is 14.5. The number of rotatable bonds is 5. The second-order valence-corrected chi connectivity index (χ2v) is 11.1. The smallest absolute Gasteiger partial charge is 0.252 e. The summed E-state index contributed by atoms with van der Waals surface area (Å²) in [5.41, 5.74) is 1.55. The van der Waals surface area contributed by atoms with Crippen molar-refractivity contribution in [2.75, 3.05) is 26.3 Å². The van der Waals surface area contributed by atoms with Gasteiger partial charge in [0, 0.05) is 29.6 Å². The molecule has 30 heavy (non-hydrogen) atoms. The molecule has 6 nitrogen and oxygen atoms in total. The van der Waals surface area contributed by atoms with Crippen LogP contribution in [-0.4, -0.2) is 51.0 Å². The van der Waals surface area contributed by atoms with Crippen molar-refractivity contribution in [1.82, 2.24) is 9.62 Å². The van der Waals surface area contributed by atoms with Crippen molar-refractivity contribution >= 4 is 27.3 Å². The average molecular weight is 449 g/mol. The quantitative estimate of drug-likeness (QED) is 0.704. The fourth-order valence-corrected chi connectivity index (χ4v) is 6.88. The van der Waals surface area contributed by atoms with Crippen LogP contribution in [-0.2, 0) is 14.8 Å². The standard InChI is InChI=1S/C22H28N2O4S2/c25-22(23-19-5-3-1-2-4-6-19)18-9-7-17(8-10-18)20-11-12-21(29-20)30(26,27)24-13-15-28-16-14-24/h7-12,19H,1-6,13-16H2,(H,23,25). The maximum absolute atomic E-state index is 12.8. The van der Waals surface area contributed by atoms with Gasteiger partial charge >= 0.3 is 0 Å². The van der Waals surface area contributed by atoms with Gasteiger partial charge < -0.3 is 10.1 Å². The predicted octanol–water partition coefficient (Wildman–Crippen LogP) is 3.89. The molecule has 1 aromatic carbocycles. The lowest BCUT2D eigenvalue weighted by Crippen LogP contribution is -2.40. The van der Waals surface area contributed by atoms with Crippen molar-refractivity contribution in [1.29, 1.82) is 0 Å². The topological polar surface area (TPSA) is 75.7 Å². The molecule has 2 aromatic rings. The maximum atomic E-state index is 12.8. The molecule has 0 radical (unpaired) electrons. The monoisotopic (exact) mass is 448 g/mol. The van der Waals surface area contributed by atoms with Crippen molar-refractivity contribution in [2.45, 2.75) is 48.8 Å². The predicted molar refractivity (Wildman–Crippen MR) is 118 cm³/mol. The molecule has 4 rings (SSSR count). The number of sulfonamides is 1. The lowest BCUT2D eigenvalue weighted by atomic mass is 10.1. The zero-order chi connectivity index (χ0) is 21.0. The SMILES string of the molecule is O=C(NC1CCCCCC1)c1ccc(-c2ccc(S(=O)(=O)N3CCOCC3)s2)cc1. The zero-order valence-electron chi connectivity index (χ0n) is 17.0. The van der Waals surface area contributed by atoms with Crippen LogP contribution < -0.4 is 5.32 Å². The van der Waals surface area contributed by atoms with E-state index in [2.05, 4.69) is 5.32 Å². The van der Waals surface area contributed by atoms with Gasteiger partial charge in [-0.05, 0) is 42.7 Å². The van der Waals surface area contributed by atoms with Crippen LogP contribution in [0.3, 0.4) is 0 Å². The second kappa shape index (κ2) is 9.60. The van der Waals surface area contributed by atoms with Crippen LogP contribution >= 0.6 is 11.3 Å². The molecule has 8 heteroatoms. The number of morpholine rings is 1. The number of nitrogens with zero attached hydrogens (tertiary/aromatic N) is 1. The number of benzene rings is 1. The molecule has 1 aliphatic heterocycles. The molecule has 1 aliphatic carbocycles. The Kier molecular flexibility index (Phi) is 6.87. The Morgan fingerprint density at radius 2 is 1.63 bits per heavy atom. The van der Waals surface area contributed by atoms with Crippen LogP contribution in [0.4, 0.5) is 0 Å². The van der Waals surface area contributed by atoms with Crippen LogP contribution in [0.5, 0.6) is 0 Å². The molecule has 1 N–H and O–H groups in total. The molecular weight excluding hydrogens is 420 g/mol. The summed E-state index contributed by atoms with van der Waals surface area (Å²) in [6, 6.07) is 11.2. The summed E-state index contributed by atoms with van der Waals surface area (Å²) < 4.78 is 32.7. The molecule has 0 spiro atoms. The Morgan fingerprint density at radius 3 is 2.30 bits per heavy atom. The fraction of sp³-hybridized carbons (Fsp3) is 0.500. The Labute approximate surface area is 182 Å². The molecule has 162 valence electrons. The maximum Gasteiger partial charge on any atom is 0.252 e. The van der Waals surface area contributed by atoms with Crippen LogP contribution in [0.2, 0.25) is 0 Å². The summed E-state index contributed by atoms with van der Waals surface area (Å²) in [7, 11) is -3.48. The molecule has 2 fully saturated rings. The number of carbonyl (C=O) groups excluding carboxylic acids is 1. The van der Waals surface area contributed by atoms with Gasteiger partial charge in [-0.15, -0.1) is 11.3 Å². The summed E-state index contributed by atoms with van der Waals surface area (Å²) in [5.74, 6) is -0.0322. The van der Waals surface area contributed by atoms with Gasteiger partial charge in [0.2, 0.25) is 0 Å². The molecule has 0 unspecified atom stereocenters. The zero-order valence-corrected chi connectivity index (χ0v) is 18.6. The van der Waals surface area contributed by atoms with Gasteiger partial charge in [0.25, 0.3) is 15.9 Å². The number of hydrogen-bond acceptors (Lipinski definition) is 5. The van der Waals surface area contributed by atoms with Gasteiger partial charge in [-0.1, -0.05) is 37.8 Å². The largest absolute Gasteiger partial charge is 0.379 e. The first-order valence-electron chi connectivity index (χ1n) is 10.6. The Balaban J connectivity index is 1.43. The minimum absolute atomic E-state index is 0.0322. The number of thiophene rings is 1. The first-order valence-corrected chi connectivity index (χ1v) is 12.9. The summed E-state index contributed by atoms with van der Waals surface area (Å²) in [6.45, 7) is 1.64. The normalized spacial score (nSPS) is 19.3. The molecule has 0 bridgehead atoms. The van der Waals surface area contributed by atoms with E-state index < -0.39 is 10.0 Å². The second-order valence-electron chi connectivity index (χ2n) is 7.87. The third-order valence-corrected chi connectivity index (χ3v) is 9.27. The highest BCUT2D eigenvalue weighted by atomic mass is 32.2. The lowest BCUT2D eigenvalue weighted by Gasteiger charge is -2.25. The Hall–Kier alpha value is -1.74. The number of ether oxygens (including phenoxy) is 1. The van der Waals surface area contributed by atoms with Gasteiger partial charge in [-0.2, -0.15) is 4.31 Å². The molecule has 2 aliphatic rings. The third-order valence-electron chi connectivity index (χ3n) is 5.77. The molecule has 1 saturated heterocycles. The van der Waals surface area contributed by atoms with Gasteiger partial charge in [0.05, 0.1) is 13.2 Å². The molecular formula is C22H28N2O4S2. The van der Waals surface area contributed by atoms with E-state index in [4.69, 9.17) is 4.74 Å². The van der Waals surface area contributed by atoms with Crippen LogP contribution in [0.1, 0.15) is 48.9 Å². The van der Waals surface area contributed by atoms with Crippen molar-refractivity contribution in [3.63, 3.8) is 0 Å². The van der Waals surface area contributed by atoms with Crippen LogP contribution in [0, 0.1) is 0 Å². The highest BCUT2D eigenvalue weighted by Crippen LogP contribution is 2.32. The number of carbonyl (C=O) groups is 1. The van der Waals surface area contributed by atoms with E-state index in [0.717, 1.165) is 23.3 Å². The molecule has 1 aromatic heterocycles. The minimum atomic E-state index is -3.48. The minimum Gasteiger partial charge on any atom is -0.379 e. The van der Waals surface area contributed by atoms with Crippen molar-refractivity contribution in [3.8, 4) is 10.4 Å². The first kappa shape index (κ1) is 21.5. The lowest BCUT2D eigenvalue weighted by molar-refractivity contribution is 0.0731. The molecule has 1 saturated carbocycles. The molecule has 0 atom stereocenters. The Bertz CT molecular complexity index is 955. The van der Waals surface area contributed by atoms with Crippen molar-refractivity contribution < 1.29 is 17.9 Å². The number of nitrogens with one attached hydrogen (secondary N) is 1. The number of hydrogen-bond donors (Lipinski definition) is 1. The molecule has 2 heterocycles. The van der Waals surface area contributed by atoms with E-state index in [0.29, 0.717) is 36.1 Å². The van der Waals surface area contributed by atoms with E-state index in [1.54, 1.807) is 6.07 Å². The van der Waals surface area contributed by atoms with E-state index in [1.165, 1.54) is 41.3 Å².